The topological polar surface area (TPSA) is 42.2 Å². The van der Waals surface area contributed by atoms with Crippen LogP contribution in [0.1, 0.15) is 0 Å². The van der Waals surface area contributed by atoms with Crippen LogP contribution in [-0.2, 0) is 6.54 Å². The number of rotatable bonds is 2. The van der Waals surface area contributed by atoms with Crippen LogP contribution in [0.25, 0.3) is 10.9 Å². The van der Waals surface area contributed by atoms with Crippen LogP contribution < -0.4 is 5.32 Å². The molecule has 0 amide bonds. The van der Waals surface area contributed by atoms with E-state index in [1.165, 1.54) is 0 Å². The Bertz CT molecular complexity index is 603. The molecule has 17 heavy (non-hydrogen) atoms. The fraction of sp³-hybridized carbons (Fsp3) is 0.273. The molecule has 0 fully saturated rings. The predicted molar refractivity (Wildman–Crippen MR) is 70.1 cm³/mol. The summed E-state index contributed by atoms with van der Waals surface area (Å²) in [6.45, 7) is 2.28. The molecule has 1 N–H and O–H groups in total. The van der Waals surface area contributed by atoms with Gasteiger partial charge in [-0.25, -0.2) is 0 Å². The Balaban J connectivity index is 2.09. The van der Waals surface area contributed by atoms with E-state index >= 15 is 0 Å². The Morgan fingerprint density at radius 2 is 2.24 bits per heavy atom. The van der Waals surface area contributed by atoms with Gasteiger partial charge in [-0.3, -0.25) is 9.67 Å². The van der Waals surface area contributed by atoms with Crippen LogP contribution in [0.5, 0.6) is 0 Å². The number of hydrogen-bond acceptors (Lipinski definition) is 3. The van der Waals surface area contributed by atoms with E-state index in [-0.39, 0.29) is 0 Å². The van der Waals surface area contributed by atoms with E-state index in [4.69, 9.17) is 23.2 Å². The molecule has 6 heteroatoms. The maximum Gasteiger partial charge on any atom is 0.158 e. The first-order valence-corrected chi connectivity index (χ1v) is 6.09. The van der Waals surface area contributed by atoms with E-state index < -0.39 is 0 Å². The lowest BCUT2D eigenvalue weighted by Crippen LogP contribution is -2.24. The summed E-state index contributed by atoms with van der Waals surface area (Å²) < 4.78 is 1.79. The van der Waals surface area contributed by atoms with E-state index in [9.17, 15) is 0 Å². The van der Waals surface area contributed by atoms with E-state index in [1.807, 2.05) is 18.2 Å². The fourth-order valence-corrected chi connectivity index (χ4v) is 2.48. The number of nitrogens with one attached hydrogen (secondary N) is 1. The highest BCUT2D eigenvalue weighted by atomic mass is 35.5. The third-order valence-corrected chi connectivity index (χ3v) is 3.30. The minimum atomic E-state index is 0.473. The van der Waals surface area contributed by atoms with Gasteiger partial charge in [0, 0.05) is 11.9 Å². The van der Waals surface area contributed by atoms with Crippen LogP contribution in [0.3, 0.4) is 0 Å². The predicted octanol–water partition coefficient (Wildman–Crippen LogP) is 2.34. The van der Waals surface area contributed by atoms with Crippen LogP contribution in [-0.4, -0.2) is 28.7 Å². The molecule has 0 unspecified atom stereocenters. The zero-order chi connectivity index (χ0) is 11.8. The van der Waals surface area contributed by atoms with Crippen LogP contribution in [0, 0.1) is 0 Å². The van der Waals surface area contributed by atoms with E-state index in [0.717, 1.165) is 29.8 Å². The SMILES string of the molecule is Clc1nn(CC2=NCCN2)c2c(Cl)cccc12. The van der Waals surface area contributed by atoms with Gasteiger partial charge in [0.2, 0.25) is 0 Å². The summed E-state index contributed by atoms with van der Waals surface area (Å²) in [5, 5.41) is 9.49. The highest BCUT2D eigenvalue weighted by Crippen LogP contribution is 2.28. The second-order valence-corrected chi connectivity index (χ2v) is 4.60. The van der Waals surface area contributed by atoms with Crippen molar-refractivity contribution in [3.05, 3.63) is 28.4 Å². The van der Waals surface area contributed by atoms with Crippen molar-refractivity contribution in [3.63, 3.8) is 0 Å². The Hall–Kier alpha value is -1.26. The Morgan fingerprint density at radius 1 is 1.35 bits per heavy atom. The normalized spacial score (nSPS) is 15.1. The quantitative estimate of drug-likeness (QED) is 0.909. The molecule has 1 aromatic carbocycles. The van der Waals surface area contributed by atoms with Gasteiger partial charge in [-0.15, -0.1) is 0 Å². The number of amidine groups is 1. The Morgan fingerprint density at radius 3 is 3.00 bits per heavy atom. The molecule has 1 aliphatic heterocycles. The van der Waals surface area contributed by atoms with Crippen molar-refractivity contribution in [1.82, 2.24) is 15.1 Å². The lowest BCUT2D eigenvalue weighted by molar-refractivity contribution is 0.739. The number of fused-ring (bicyclic) bond motifs is 1. The van der Waals surface area contributed by atoms with Gasteiger partial charge >= 0.3 is 0 Å². The fourth-order valence-electron chi connectivity index (χ4n) is 1.96. The summed E-state index contributed by atoms with van der Waals surface area (Å²) in [7, 11) is 0. The molecular formula is C11H10Cl2N4. The Labute approximate surface area is 108 Å². The molecule has 0 aliphatic carbocycles. The first-order chi connectivity index (χ1) is 8.25. The molecule has 1 aliphatic rings. The lowest BCUT2D eigenvalue weighted by atomic mass is 10.2. The molecule has 88 valence electrons. The molecular weight excluding hydrogens is 259 g/mol. The van der Waals surface area contributed by atoms with Gasteiger partial charge in [0.15, 0.2) is 5.15 Å². The summed E-state index contributed by atoms with van der Waals surface area (Å²) in [4.78, 5) is 4.34. The van der Waals surface area contributed by atoms with Crippen molar-refractivity contribution < 1.29 is 0 Å². The van der Waals surface area contributed by atoms with Gasteiger partial charge in [0.05, 0.1) is 23.6 Å². The van der Waals surface area contributed by atoms with Crippen LogP contribution in [0.15, 0.2) is 23.2 Å². The Kier molecular flexibility index (Phi) is 2.68. The van der Waals surface area contributed by atoms with Crippen LogP contribution >= 0.6 is 23.2 Å². The van der Waals surface area contributed by atoms with E-state index in [1.54, 1.807) is 4.68 Å². The van der Waals surface area contributed by atoms with Crippen molar-refractivity contribution in [3.8, 4) is 0 Å². The molecule has 0 radical (unpaired) electrons. The average Bonchev–Trinajstić information content (AvgIpc) is 2.90. The van der Waals surface area contributed by atoms with Crippen molar-refractivity contribution >= 4 is 39.9 Å². The number of benzene rings is 1. The minimum Gasteiger partial charge on any atom is -0.370 e. The summed E-state index contributed by atoms with van der Waals surface area (Å²) in [5.41, 5.74) is 0.857. The van der Waals surface area contributed by atoms with Gasteiger partial charge in [-0.05, 0) is 12.1 Å². The standard InChI is InChI=1S/C11H10Cl2N4/c12-8-3-1-2-7-10(8)17(16-11(7)13)6-9-14-4-5-15-9/h1-3H,4-6H2,(H,14,15). The average molecular weight is 269 g/mol. The molecule has 0 bridgehead atoms. The monoisotopic (exact) mass is 268 g/mol. The van der Waals surface area contributed by atoms with E-state index in [0.29, 0.717) is 16.7 Å². The molecule has 3 rings (SSSR count). The number of aromatic nitrogens is 2. The highest BCUT2D eigenvalue weighted by molar-refractivity contribution is 6.38. The highest BCUT2D eigenvalue weighted by Gasteiger charge is 2.14. The summed E-state index contributed by atoms with van der Waals surface area (Å²) in [6, 6.07) is 5.62. The van der Waals surface area contributed by atoms with Gasteiger partial charge < -0.3 is 5.32 Å². The molecule has 0 spiro atoms. The molecule has 1 aromatic heterocycles. The first-order valence-electron chi connectivity index (χ1n) is 5.33. The van der Waals surface area contributed by atoms with Crippen molar-refractivity contribution in [2.45, 2.75) is 6.54 Å². The third kappa shape index (κ3) is 1.87. The second kappa shape index (κ2) is 4.20. The molecule has 2 aromatic rings. The number of aliphatic imine (C=N–C) groups is 1. The van der Waals surface area contributed by atoms with Gasteiger partial charge in [-0.1, -0.05) is 29.3 Å². The molecule has 0 saturated carbocycles. The summed E-state index contributed by atoms with van der Waals surface area (Å²) in [6.07, 6.45) is 0. The van der Waals surface area contributed by atoms with Gasteiger partial charge in [0.1, 0.15) is 5.84 Å². The smallest absolute Gasteiger partial charge is 0.158 e. The third-order valence-electron chi connectivity index (χ3n) is 2.72. The van der Waals surface area contributed by atoms with Gasteiger partial charge in [-0.2, -0.15) is 5.10 Å². The number of halogens is 2. The molecule has 2 heterocycles. The minimum absolute atomic E-state index is 0.473. The molecule has 0 saturated heterocycles. The lowest BCUT2D eigenvalue weighted by Gasteiger charge is -2.05. The van der Waals surface area contributed by atoms with E-state index in [2.05, 4.69) is 15.4 Å². The number of para-hydroxylation sites is 1. The zero-order valence-electron chi connectivity index (χ0n) is 8.95. The van der Waals surface area contributed by atoms with Crippen LogP contribution in [0.2, 0.25) is 10.2 Å². The summed E-state index contributed by atoms with van der Waals surface area (Å²) >= 11 is 12.3. The number of nitrogens with zero attached hydrogens (tertiary/aromatic N) is 3. The summed E-state index contributed by atoms with van der Waals surface area (Å²) in [5.74, 6) is 0.922. The maximum atomic E-state index is 6.18. The molecule has 4 nitrogen and oxygen atoms in total. The number of hydrogen-bond donors (Lipinski definition) is 1. The zero-order valence-corrected chi connectivity index (χ0v) is 10.5. The maximum absolute atomic E-state index is 6.18. The first kappa shape index (κ1) is 10.9. The second-order valence-electron chi connectivity index (χ2n) is 3.84. The van der Waals surface area contributed by atoms with Crippen molar-refractivity contribution in [1.29, 1.82) is 0 Å². The largest absolute Gasteiger partial charge is 0.370 e. The van der Waals surface area contributed by atoms with Crippen molar-refractivity contribution in [2.75, 3.05) is 13.1 Å². The van der Waals surface area contributed by atoms with Crippen LogP contribution in [0.4, 0.5) is 0 Å². The van der Waals surface area contributed by atoms with Crippen molar-refractivity contribution in [2.24, 2.45) is 4.99 Å². The van der Waals surface area contributed by atoms with Gasteiger partial charge in [0.25, 0.3) is 0 Å². The molecule has 0 atom stereocenters.